The monoisotopic (exact) mass is 362 g/mol. The Balaban J connectivity index is 2.35. The van der Waals surface area contributed by atoms with E-state index in [1.54, 1.807) is 38.3 Å². The number of amides is 1. The van der Waals surface area contributed by atoms with Crippen LogP contribution in [0.3, 0.4) is 0 Å². The summed E-state index contributed by atoms with van der Waals surface area (Å²) in [5.41, 5.74) is 2.58. The van der Waals surface area contributed by atoms with Crippen LogP contribution in [-0.4, -0.2) is 39.8 Å². The molecule has 6 nitrogen and oxygen atoms in total. The molecule has 1 amide bonds. The second-order valence-electron chi connectivity index (χ2n) is 5.90. The van der Waals surface area contributed by atoms with Gasteiger partial charge >= 0.3 is 0 Å². The van der Waals surface area contributed by atoms with Crippen molar-refractivity contribution in [2.24, 2.45) is 0 Å². The zero-order valence-electron chi connectivity index (χ0n) is 15.0. The third kappa shape index (κ3) is 4.00. The van der Waals surface area contributed by atoms with Gasteiger partial charge in [0.25, 0.3) is 5.91 Å². The fourth-order valence-electron chi connectivity index (χ4n) is 2.26. The first-order valence-electron chi connectivity index (χ1n) is 7.66. The van der Waals surface area contributed by atoms with E-state index in [4.69, 9.17) is 4.74 Å². The normalized spacial score (nSPS) is 11.4. The van der Waals surface area contributed by atoms with Crippen LogP contribution in [-0.2, 0) is 10.0 Å². The maximum absolute atomic E-state index is 12.5. The van der Waals surface area contributed by atoms with Gasteiger partial charge in [-0.1, -0.05) is 12.1 Å². The molecule has 0 radical (unpaired) electrons. The minimum atomic E-state index is -3.57. The van der Waals surface area contributed by atoms with Gasteiger partial charge in [0, 0.05) is 25.3 Å². The predicted octanol–water partition coefficient (Wildman–Crippen LogP) is 2.81. The van der Waals surface area contributed by atoms with Gasteiger partial charge in [-0.05, 0) is 49.2 Å². The molecule has 0 saturated heterocycles. The zero-order valence-corrected chi connectivity index (χ0v) is 15.8. The van der Waals surface area contributed by atoms with Crippen molar-refractivity contribution in [1.82, 2.24) is 4.31 Å². The Morgan fingerprint density at radius 1 is 1.04 bits per heavy atom. The molecule has 0 aromatic heterocycles. The number of nitrogens with zero attached hydrogens (tertiary/aromatic N) is 1. The molecule has 1 N–H and O–H groups in total. The first-order valence-corrected chi connectivity index (χ1v) is 9.10. The van der Waals surface area contributed by atoms with Crippen molar-refractivity contribution >= 4 is 21.6 Å². The van der Waals surface area contributed by atoms with Crippen molar-refractivity contribution in [2.75, 3.05) is 26.5 Å². The topological polar surface area (TPSA) is 75.7 Å². The maximum atomic E-state index is 12.5. The van der Waals surface area contributed by atoms with E-state index < -0.39 is 10.0 Å². The van der Waals surface area contributed by atoms with E-state index in [9.17, 15) is 13.2 Å². The average Bonchev–Trinajstić information content (AvgIpc) is 2.56. The highest BCUT2D eigenvalue weighted by molar-refractivity contribution is 7.89. The number of carbonyl (C=O) groups is 1. The summed E-state index contributed by atoms with van der Waals surface area (Å²) >= 11 is 0. The van der Waals surface area contributed by atoms with Crippen LogP contribution in [0.5, 0.6) is 5.75 Å². The van der Waals surface area contributed by atoms with Gasteiger partial charge in [-0.3, -0.25) is 4.79 Å². The molecule has 7 heteroatoms. The van der Waals surface area contributed by atoms with Gasteiger partial charge in [0.15, 0.2) is 0 Å². The summed E-state index contributed by atoms with van der Waals surface area (Å²) in [6.45, 7) is 3.69. The number of anilines is 1. The molecule has 0 heterocycles. The summed E-state index contributed by atoms with van der Waals surface area (Å²) in [5, 5.41) is 2.77. The van der Waals surface area contributed by atoms with Gasteiger partial charge in [0.2, 0.25) is 10.0 Å². The Morgan fingerprint density at radius 3 is 2.28 bits per heavy atom. The standard InChI is InChI=1S/C18H22N2O4S/c1-12-7-9-15(25(22,23)20(3)4)11-16(12)19-18(21)14-8-6-13(2)17(10-14)24-5/h6-11H,1-5H3,(H,19,21). The predicted molar refractivity (Wildman–Crippen MR) is 97.7 cm³/mol. The van der Waals surface area contributed by atoms with Crippen LogP contribution in [0.2, 0.25) is 0 Å². The van der Waals surface area contributed by atoms with Gasteiger partial charge < -0.3 is 10.1 Å². The van der Waals surface area contributed by atoms with E-state index in [1.165, 1.54) is 26.2 Å². The third-order valence-corrected chi connectivity index (χ3v) is 5.72. The van der Waals surface area contributed by atoms with Gasteiger partial charge in [-0.2, -0.15) is 0 Å². The lowest BCUT2D eigenvalue weighted by molar-refractivity contribution is 0.102. The fraction of sp³-hybridized carbons (Fsp3) is 0.278. The number of rotatable bonds is 5. The average molecular weight is 362 g/mol. The molecule has 0 atom stereocenters. The Bertz CT molecular complexity index is 905. The summed E-state index contributed by atoms with van der Waals surface area (Å²) in [4.78, 5) is 12.6. The molecule has 0 bridgehead atoms. The van der Waals surface area contributed by atoms with Crippen LogP contribution in [0, 0.1) is 13.8 Å². The lowest BCUT2D eigenvalue weighted by Crippen LogP contribution is -2.22. The van der Waals surface area contributed by atoms with Crippen LogP contribution in [0.25, 0.3) is 0 Å². The van der Waals surface area contributed by atoms with Gasteiger partial charge in [0.1, 0.15) is 5.75 Å². The number of hydrogen-bond acceptors (Lipinski definition) is 4. The molecule has 0 unspecified atom stereocenters. The fourth-order valence-corrected chi connectivity index (χ4v) is 3.19. The number of sulfonamides is 1. The van der Waals surface area contributed by atoms with Gasteiger partial charge in [-0.25, -0.2) is 12.7 Å². The van der Waals surface area contributed by atoms with Crippen LogP contribution in [0.4, 0.5) is 5.69 Å². The van der Waals surface area contributed by atoms with Crippen molar-refractivity contribution in [2.45, 2.75) is 18.7 Å². The van der Waals surface area contributed by atoms with E-state index in [0.717, 1.165) is 15.4 Å². The Morgan fingerprint density at radius 2 is 1.68 bits per heavy atom. The van der Waals surface area contributed by atoms with Crippen molar-refractivity contribution < 1.29 is 17.9 Å². The summed E-state index contributed by atoms with van der Waals surface area (Å²) < 4.78 is 30.9. The molecule has 0 aliphatic carbocycles. The number of carbonyl (C=O) groups excluding carboxylic acids is 1. The summed E-state index contributed by atoms with van der Waals surface area (Å²) in [7, 11) is 0.903. The molecule has 0 aliphatic rings. The molecule has 25 heavy (non-hydrogen) atoms. The second-order valence-corrected chi connectivity index (χ2v) is 8.05. The molecule has 0 fully saturated rings. The largest absolute Gasteiger partial charge is 0.496 e. The van der Waals surface area contributed by atoms with Crippen molar-refractivity contribution in [3.63, 3.8) is 0 Å². The quantitative estimate of drug-likeness (QED) is 0.887. The molecule has 2 aromatic carbocycles. The van der Waals surface area contributed by atoms with Crippen LogP contribution >= 0.6 is 0 Å². The number of hydrogen-bond donors (Lipinski definition) is 1. The minimum absolute atomic E-state index is 0.125. The lowest BCUT2D eigenvalue weighted by Gasteiger charge is -2.15. The summed E-state index contributed by atoms with van der Waals surface area (Å²) in [5.74, 6) is 0.286. The number of aryl methyl sites for hydroxylation is 2. The van der Waals surface area contributed by atoms with E-state index in [1.807, 2.05) is 6.92 Å². The molecule has 2 aromatic rings. The highest BCUT2D eigenvalue weighted by atomic mass is 32.2. The lowest BCUT2D eigenvalue weighted by atomic mass is 10.1. The Kier molecular flexibility index (Phi) is 5.49. The second kappa shape index (κ2) is 7.25. The van der Waals surface area contributed by atoms with Gasteiger partial charge in [0.05, 0.1) is 12.0 Å². The van der Waals surface area contributed by atoms with E-state index >= 15 is 0 Å². The van der Waals surface area contributed by atoms with Crippen molar-refractivity contribution in [1.29, 1.82) is 0 Å². The Labute approximate surface area is 148 Å². The van der Waals surface area contributed by atoms with Crippen molar-refractivity contribution in [3.8, 4) is 5.75 Å². The molecule has 0 saturated carbocycles. The number of methoxy groups -OCH3 is 1. The van der Waals surface area contributed by atoms with E-state index in [2.05, 4.69) is 5.32 Å². The number of ether oxygens (including phenoxy) is 1. The highest BCUT2D eigenvalue weighted by Gasteiger charge is 2.19. The summed E-state index contributed by atoms with van der Waals surface area (Å²) in [6, 6.07) is 9.81. The van der Waals surface area contributed by atoms with E-state index in [0.29, 0.717) is 17.0 Å². The van der Waals surface area contributed by atoms with Crippen LogP contribution < -0.4 is 10.1 Å². The SMILES string of the molecule is COc1cc(C(=O)Nc2cc(S(=O)(=O)N(C)C)ccc2C)ccc1C. The Hall–Kier alpha value is -2.38. The van der Waals surface area contributed by atoms with Gasteiger partial charge in [-0.15, -0.1) is 0 Å². The highest BCUT2D eigenvalue weighted by Crippen LogP contribution is 2.24. The first-order chi connectivity index (χ1) is 11.7. The molecule has 2 rings (SSSR count). The van der Waals surface area contributed by atoms with Crippen LogP contribution in [0.1, 0.15) is 21.5 Å². The molecule has 0 spiro atoms. The summed E-state index contributed by atoms with van der Waals surface area (Å²) in [6.07, 6.45) is 0. The molecule has 0 aliphatic heterocycles. The first kappa shape index (κ1) is 19.0. The number of nitrogens with one attached hydrogen (secondary N) is 1. The maximum Gasteiger partial charge on any atom is 0.255 e. The van der Waals surface area contributed by atoms with Crippen molar-refractivity contribution in [3.05, 3.63) is 53.1 Å². The minimum Gasteiger partial charge on any atom is -0.496 e. The molecule has 134 valence electrons. The van der Waals surface area contributed by atoms with E-state index in [-0.39, 0.29) is 10.8 Å². The van der Waals surface area contributed by atoms with Crippen LogP contribution in [0.15, 0.2) is 41.3 Å². The molecular formula is C18H22N2O4S. The zero-order chi connectivity index (χ0) is 18.8. The third-order valence-electron chi connectivity index (χ3n) is 3.91. The molecular weight excluding hydrogens is 340 g/mol. The smallest absolute Gasteiger partial charge is 0.255 e. The number of benzene rings is 2.